The van der Waals surface area contributed by atoms with Crippen molar-refractivity contribution in [1.82, 2.24) is 5.48 Å². The Morgan fingerprint density at radius 2 is 1.68 bits per heavy atom. The lowest BCUT2D eigenvalue weighted by Gasteiger charge is -2.16. The van der Waals surface area contributed by atoms with Gasteiger partial charge in [-0.2, -0.15) is 26.3 Å². The average Bonchev–Trinajstić information content (AvgIpc) is 2.79. The second-order valence-electron chi connectivity index (χ2n) is 3.79. The van der Waals surface area contributed by atoms with Crippen LogP contribution in [0.5, 0.6) is 0 Å². The molecule has 1 aliphatic heterocycles. The minimum atomic E-state index is -4.89. The van der Waals surface area contributed by atoms with Crippen LogP contribution in [0.15, 0.2) is 24.3 Å². The zero-order valence-electron chi connectivity index (χ0n) is 9.19. The minimum Gasteiger partial charge on any atom is -0.272 e. The Bertz CT molecular complexity index is 517. The summed E-state index contributed by atoms with van der Waals surface area (Å²) in [5.41, 5.74) is -0.852. The van der Waals surface area contributed by atoms with Crippen molar-refractivity contribution in [3.8, 4) is 0 Å². The van der Waals surface area contributed by atoms with Crippen LogP contribution >= 0.6 is 0 Å². The Morgan fingerprint density at radius 3 is 2.16 bits per heavy atom. The number of hydroxylamine groups is 1. The van der Waals surface area contributed by atoms with E-state index in [1.54, 1.807) is 0 Å². The second kappa shape index (κ2) is 4.44. The summed E-state index contributed by atoms with van der Waals surface area (Å²) in [5, 5.41) is 0. The van der Waals surface area contributed by atoms with Crippen LogP contribution in [0, 0.1) is 0 Å². The third-order valence-electron chi connectivity index (χ3n) is 2.50. The second-order valence-corrected chi connectivity index (χ2v) is 3.79. The zero-order valence-corrected chi connectivity index (χ0v) is 9.19. The first-order valence-corrected chi connectivity index (χ1v) is 5.06. The quantitative estimate of drug-likeness (QED) is 0.795. The molecule has 0 fully saturated rings. The Morgan fingerprint density at radius 1 is 1.00 bits per heavy atom. The molecule has 1 aromatic carbocycles. The van der Waals surface area contributed by atoms with Crippen molar-refractivity contribution < 1.29 is 31.2 Å². The molecule has 1 aliphatic rings. The largest absolute Gasteiger partial charge is 0.417 e. The summed E-state index contributed by atoms with van der Waals surface area (Å²) < 4.78 is 75.7. The van der Waals surface area contributed by atoms with Gasteiger partial charge in [-0.25, -0.2) is 0 Å². The minimum absolute atomic E-state index is 0.000972. The van der Waals surface area contributed by atoms with E-state index in [4.69, 9.17) is 0 Å². The lowest BCUT2D eigenvalue weighted by atomic mass is 10.0. The average molecular weight is 283 g/mol. The van der Waals surface area contributed by atoms with Crippen molar-refractivity contribution in [3.63, 3.8) is 0 Å². The normalized spacial score (nSPS) is 16.2. The SMILES string of the molecule is FC(F)(F)c1ccc(C2=CCON2)c(C(F)(F)F)c1. The molecule has 0 unspecified atom stereocenters. The van der Waals surface area contributed by atoms with E-state index in [9.17, 15) is 26.3 Å². The van der Waals surface area contributed by atoms with Gasteiger partial charge in [-0.1, -0.05) is 6.07 Å². The first-order chi connectivity index (χ1) is 8.69. The highest BCUT2D eigenvalue weighted by atomic mass is 19.4. The summed E-state index contributed by atoms with van der Waals surface area (Å²) in [6, 6.07) is 1.47. The van der Waals surface area contributed by atoms with E-state index < -0.39 is 23.5 Å². The van der Waals surface area contributed by atoms with Gasteiger partial charge in [0.2, 0.25) is 0 Å². The van der Waals surface area contributed by atoms with E-state index in [0.29, 0.717) is 6.07 Å². The fourth-order valence-electron chi connectivity index (χ4n) is 1.64. The summed E-state index contributed by atoms with van der Waals surface area (Å²) in [6.07, 6.45) is -8.40. The summed E-state index contributed by atoms with van der Waals surface area (Å²) in [5.74, 6) is 0. The molecule has 19 heavy (non-hydrogen) atoms. The van der Waals surface area contributed by atoms with E-state index in [0.717, 1.165) is 6.07 Å². The number of benzene rings is 1. The van der Waals surface area contributed by atoms with Gasteiger partial charge in [0.15, 0.2) is 0 Å². The van der Waals surface area contributed by atoms with Crippen LogP contribution in [0.3, 0.4) is 0 Å². The third kappa shape index (κ3) is 2.83. The Kier molecular flexibility index (Phi) is 3.21. The third-order valence-corrected chi connectivity index (χ3v) is 2.50. The van der Waals surface area contributed by atoms with Crippen molar-refractivity contribution in [1.29, 1.82) is 0 Å². The monoisotopic (exact) mass is 283 g/mol. The van der Waals surface area contributed by atoms with Crippen LogP contribution in [-0.4, -0.2) is 6.61 Å². The van der Waals surface area contributed by atoms with Crippen molar-refractivity contribution >= 4 is 5.70 Å². The fourth-order valence-corrected chi connectivity index (χ4v) is 1.64. The van der Waals surface area contributed by atoms with Crippen LogP contribution in [0.25, 0.3) is 5.70 Å². The molecule has 0 amide bonds. The van der Waals surface area contributed by atoms with Gasteiger partial charge < -0.3 is 0 Å². The van der Waals surface area contributed by atoms with Gasteiger partial charge >= 0.3 is 12.4 Å². The smallest absolute Gasteiger partial charge is 0.272 e. The number of halogens is 6. The van der Waals surface area contributed by atoms with Gasteiger partial charge in [0.25, 0.3) is 0 Å². The first kappa shape index (κ1) is 13.7. The van der Waals surface area contributed by atoms with Crippen LogP contribution < -0.4 is 5.48 Å². The maximum Gasteiger partial charge on any atom is 0.417 e. The van der Waals surface area contributed by atoms with Crippen LogP contribution in [0.2, 0.25) is 0 Å². The number of hydrogen-bond donors (Lipinski definition) is 1. The molecule has 1 heterocycles. The topological polar surface area (TPSA) is 21.3 Å². The van der Waals surface area contributed by atoms with Crippen LogP contribution in [0.1, 0.15) is 16.7 Å². The molecule has 2 rings (SSSR count). The van der Waals surface area contributed by atoms with Crippen LogP contribution in [0.4, 0.5) is 26.3 Å². The molecular weight excluding hydrogens is 276 g/mol. The molecule has 0 saturated heterocycles. The molecule has 1 aromatic rings. The molecule has 1 N–H and O–H groups in total. The van der Waals surface area contributed by atoms with E-state index in [-0.39, 0.29) is 23.9 Å². The van der Waals surface area contributed by atoms with Crippen molar-refractivity contribution in [2.24, 2.45) is 0 Å². The number of alkyl halides is 6. The van der Waals surface area contributed by atoms with Gasteiger partial charge in [0, 0.05) is 5.56 Å². The standard InChI is InChI=1S/C11H7F6NO/c12-10(13,14)6-1-2-7(9-3-4-19-18-9)8(5-6)11(15,16)17/h1-3,5,18H,4H2. The van der Waals surface area contributed by atoms with Crippen molar-refractivity contribution in [2.75, 3.05) is 6.61 Å². The maximum absolute atomic E-state index is 12.8. The first-order valence-electron chi connectivity index (χ1n) is 5.06. The van der Waals surface area contributed by atoms with E-state index in [1.807, 2.05) is 0 Å². The van der Waals surface area contributed by atoms with Crippen molar-refractivity contribution in [2.45, 2.75) is 12.4 Å². The molecular formula is C11H7F6NO. The van der Waals surface area contributed by atoms with E-state index in [1.165, 1.54) is 6.08 Å². The van der Waals surface area contributed by atoms with E-state index >= 15 is 0 Å². The Hall–Kier alpha value is -1.70. The molecule has 8 heteroatoms. The summed E-state index contributed by atoms with van der Waals surface area (Å²) in [4.78, 5) is 4.64. The predicted octanol–water partition coefficient (Wildman–Crippen LogP) is 3.60. The van der Waals surface area contributed by atoms with Gasteiger partial charge in [0.1, 0.15) is 0 Å². The molecule has 0 aromatic heterocycles. The highest BCUT2D eigenvalue weighted by Gasteiger charge is 2.38. The van der Waals surface area contributed by atoms with E-state index in [2.05, 4.69) is 10.3 Å². The van der Waals surface area contributed by atoms with Crippen LogP contribution in [-0.2, 0) is 17.2 Å². The maximum atomic E-state index is 12.8. The summed E-state index contributed by atoms with van der Waals surface area (Å²) >= 11 is 0. The number of hydrogen-bond acceptors (Lipinski definition) is 2. The highest BCUT2D eigenvalue weighted by Crippen LogP contribution is 2.39. The van der Waals surface area contributed by atoms with Gasteiger partial charge in [-0.3, -0.25) is 10.3 Å². The Labute approximate surface area is 103 Å². The molecule has 0 bridgehead atoms. The molecule has 0 radical (unpaired) electrons. The summed E-state index contributed by atoms with van der Waals surface area (Å²) in [7, 11) is 0. The van der Waals surface area contributed by atoms with Gasteiger partial charge in [-0.05, 0) is 18.2 Å². The van der Waals surface area contributed by atoms with Gasteiger partial charge in [0.05, 0.1) is 23.4 Å². The molecule has 104 valence electrons. The predicted molar refractivity (Wildman–Crippen MR) is 53.5 cm³/mol. The lowest BCUT2D eigenvalue weighted by molar-refractivity contribution is -0.143. The Balaban J connectivity index is 2.56. The molecule has 0 atom stereocenters. The molecule has 0 spiro atoms. The number of rotatable bonds is 1. The molecule has 0 saturated carbocycles. The molecule has 0 aliphatic carbocycles. The number of nitrogens with one attached hydrogen (secondary N) is 1. The lowest BCUT2D eigenvalue weighted by Crippen LogP contribution is -2.15. The fraction of sp³-hybridized carbons (Fsp3) is 0.273. The summed E-state index contributed by atoms with van der Waals surface area (Å²) in [6.45, 7) is 0.0493. The van der Waals surface area contributed by atoms with Crippen molar-refractivity contribution in [3.05, 3.63) is 41.0 Å². The molecule has 2 nitrogen and oxygen atoms in total. The highest BCUT2D eigenvalue weighted by molar-refractivity contribution is 5.68. The van der Waals surface area contributed by atoms with Gasteiger partial charge in [-0.15, -0.1) is 0 Å². The zero-order chi connectivity index (χ0) is 14.3.